The van der Waals surface area contributed by atoms with Gasteiger partial charge in [-0.1, -0.05) is 30.3 Å². The molecule has 0 radical (unpaired) electrons. The van der Waals surface area contributed by atoms with E-state index in [0.29, 0.717) is 7.14 Å². The molecule has 0 amide bonds. The third-order valence-electron chi connectivity index (χ3n) is 2.75. The van der Waals surface area contributed by atoms with Gasteiger partial charge in [0, 0.05) is 6.20 Å². The van der Waals surface area contributed by atoms with Crippen LogP contribution in [0.5, 0.6) is 0 Å². The van der Waals surface area contributed by atoms with E-state index < -0.39 is 36.3 Å². The Bertz CT molecular complexity index is 894. The van der Waals surface area contributed by atoms with E-state index in [1.54, 1.807) is 36.4 Å². The fraction of sp³-hybridized carbons (Fsp3) is 0. The molecule has 1 heterocycles. The molecule has 4 nitrogen and oxygen atoms in total. The van der Waals surface area contributed by atoms with Crippen molar-refractivity contribution in [3.8, 4) is 0 Å². The Labute approximate surface area is 154 Å². The minimum Gasteiger partial charge on any atom is -0.743 e. The summed E-state index contributed by atoms with van der Waals surface area (Å²) in [6, 6.07) is 17.2. The summed E-state index contributed by atoms with van der Waals surface area (Å²) in [5.41, 5.74) is 0. The van der Waals surface area contributed by atoms with Crippen LogP contribution in [-0.4, -0.2) is 18.0 Å². The Kier molecular flexibility index (Phi) is 6.97. The molecule has 0 saturated carbocycles. The Hall–Kier alpha value is -1.91. The molecular weight excluding hydrogens is 463 g/mol. The molecule has 0 bridgehead atoms. The van der Waals surface area contributed by atoms with Crippen molar-refractivity contribution in [3.05, 3.63) is 91.7 Å². The Morgan fingerprint density at radius 3 is 1.64 bits per heavy atom. The van der Waals surface area contributed by atoms with Crippen molar-refractivity contribution >= 4 is 10.1 Å². The first-order valence-electron chi connectivity index (χ1n) is 6.89. The minimum absolute atomic E-state index is 0.242. The Morgan fingerprint density at radius 2 is 1.28 bits per heavy atom. The van der Waals surface area contributed by atoms with E-state index in [-0.39, 0.29) is 11.6 Å². The molecule has 0 fully saturated rings. The zero-order chi connectivity index (χ0) is 18.3. The zero-order valence-corrected chi connectivity index (χ0v) is 15.6. The number of pyridine rings is 1. The summed E-state index contributed by atoms with van der Waals surface area (Å²) in [6.45, 7) is 0. The van der Waals surface area contributed by atoms with Gasteiger partial charge in [0.2, 0.25) is 7.14 Å². The van der Waals surface area contributed by atoms with Gasteiger partial charge in [0.05, 0.1) is 0 Å². The first-order valence-corrected chi connectivity index (χ1v) is 10.5. The molecule has 0 aliphatic heterocycles. The summed E-state index contributed by atoms with van der Waals surface area (Å²) in [4.78, 5) is 3.35. The first kappa shape index (κ1) is 19.4. The molecule has 0 spiro atoms. The topological polar surface area (TPSA) is 70.1 Å². The van der Waals surface area contributed by atoms with E-state index in [4.69, 9.17) is 0 Å². The van der Waals surface area contributed by atoms with Crippen molar-refractivity contribution in [1.29, 1.82) is 0 Å². The van der Waals surface area contributed by atoms with Crippen LogP contribution < -0.4 is 21.2 Å². The van der Waals surface area contributed by atoms with Crippen LogP contribution in [0.3, 0.4) is 0 Å². The lowest BCUT2D eigenvalue weighted by Gasteiger charge is -2.02. The molecule has 3 rings (SSSR count). The predicted octanol–water partition coefficient (Wildman–Crippen LogP) is 0.0789. The zero-order valence-electron chi connectivity index (χ0n) is 12.6. The number of nitrogens with zero attached hydrogens (tertiary/aromatic N) is 1. The molecule has 0 unspecified atom stereocenters. The number of benzene rings is 2. The second-order valence-corrected chi connectivity index (χ2v) is 8.74. The van der Waals surface area contributed by atoms with Crippen molar-refractivity contribution in [3.63, 3.8) is 0 Å². The average Bonchev–Trinajstić information content (AvgIpc) is 2.59. The van der Waals surface area contributed by atoms with E-state index in [9.17, 15) is 21.8 Å². The quantitative estimate of drug-likeness (QED) is 0.398. The second-order valence-electron chi connectivity index (χ2n) is 4.54. The number of halogens is 3. The van der Waals surface area contributed by atoms with Crippen molar-refractivity contribution in [2.45, 2.75) is 5.03 Å². The van der Waals surface area contributed by atoms with Crippen LogP contribution in [0.2, 0.25) is 0 Å². The fourth-order valence-corrected chi connectivity index (χ4v) is 4.35. The van der Waals surface area contributed by atoms with E-state index in [1.165, 1.54) is 30.5 Å². The molecule has 3 aromatic rings. The van der Waals surface area contributed by atoms with Gasteiger partial charge in [-0.3, -0.25) is 0 Å². The van der Waals surface area contributed by atoms with Crippen molar-refractivity contribution < 1.29 is 43.0 Å². The van der Waals surface area contributed by atoms with Gasteiger partial charge in [0.15, 0.2) is 11.6 Å². The maximum atomic E-state index is 13.3. The third kappa shape index (κ3) is 6.15. The summed E-state index contributed by atoms with van der Waals surface area (Å²) in [5.74, 6) is -0.484. The van der Waals surface area contributed by atoms with Crippen LogP contribution in [-0.2, 0) is 10.1 Å². The van der Waals surface area contributed by atoms with E-state index in [2.05, 4.69) is 4.98 Å². The normalized spacial score (nSPS) is 10.7. The summed E-state index contributed by atoms with van der Waals surface area (Å²) in [5, 5.41) is -0.435. The first-order chi connectivity index (χ1) is 11.9. The van der Waals surface area contributed by atoms with Gasteiger partial charge >= 0.3 is 21.2 Å². The van der Waals surface area contributed by atoms with Crippen molar-refractivity contribution in [2.75, 3.05) is 0 Å². The molecule has 2 aromatic carbocycles. The molecule has 0 aliphatic rings. The lowest BCUT2D eigenvalue weighted by Crippen LogP contribution is -3.62. The molecule has 130 valence electrons. The number of aromatic nitrogens is 1. The van der Waals surface area contributed by atoms with Gasteiger partial charge in [-0.15, -0.1) is 0 Å². The van der Waals surface area contributed by atoms with Crippen molar-refractivity contribution in [2.24, 2.45) is 0 Å². The van der Waals surface area contributed by atoms with Gasteiger partial charge in [-0.2, -0.15) is 0 Å². The molecule has 0 aliphatic carbocycles. The molecule has 8 heteroatoms. The van der Waals surface area contributed by atoms with Crippen LogP contribution in [0.1, 0.15) is 0 Å². The molecule has 0 saturated heterocycles. The van der Waals surface area contributed by atoms with E-state index in [1.807, 2.05) is 0 Å². The van der Waals surface area contributed by atoms with Crippen LogP contribution >= 0.6 is 0 Å². The van der Waals surface area contributed by atoms with Crippen molar-refractivity contribution in [1.82, 2.24) is 4.98 Å². The van der Waals surface area contributed by atoms with E-state index in [0.717, 1.165) is 6.07 Å². The van der Waals surface area contributed by atoms with Gasteiger partial charge < -0.3 is 4.55 Å². The maximum Gasteiger partial charge on any atom is 0.364 e. The number of hydrogen-bond donors (Lipinski definition) is 0. The highest BCUT2D eigenvalue weighted by molar-refractivity contribution is 7.85. The smallest absolute Gasteiger partial charge is 0.364 e. The highest BCUT2D eigenvalue weighted by Crippen LogP contribution is 2.00. The molecule has 0 atom stereocenters. The standard InChI is InChI=1S/C12H8F2I.C5H5NO3S/c13-9-5-1-3-7-11(9)15-12-8-4-2-6-10(12)14;7-10(8,9)5-3-1-2-4-6-5/h1-8H;1-4H,(H,7,8,9)/q+1;/p-1. The van der Waals surface area contributed by atoms with Gasteiger partial charge in [-0.25, -0.2) is 22.2 Å². The lowest BCUT2D eigenvalue weighted by molar-refractivity contribution is -0.603. The largest absolute Gasteiger partial charge is 0.743 e. The van der Waals surface area contributed by atoms with Crippen LogP contribution in [0.4, 0.5) is 8.78 Å². The van der Waals surface area contributed by atoms with Gasteiger partial charge in [0.1, 0.15) is 15.1 Å². The maximum absolute atomic E-state index is 13.3. The number of hydrogen-bond acceptors (Lipinski definition) is 4. The average molecular weight is 475 g/mol. The summed E-state index contributed by atoms with van der Waals surface area (Å²) < 4.78 is 58.5. The fourth-order valence-electron chi connectivity index (χ4n) is 1.64. The van der Waals surface area contributed by atoms with Crippen LogP contribution in [0.25, 0.3) is 0 Å². The van der Waals surface area contributed by atoms with Crippen LogP contribution in [0, 0.1) is 18.8 Å². The highest BCUT2D eigenvalue weighted by atomic mass is 127. The molecule has 0 N–H and O–H groups in total. The highest BCUT2D eigenvalue weighted by Gasteiger charge is 2.22. The van der Waals surface area contributed by atoms with Gasteiger partial charge in [0.25, 0.3) is 0 Å². The molecular formula is C17H12F2INO3S. The summed E-state index contributed by atoms with van der Waals surface area (Å²) in [7, 11) is -4.36. The Morgan fingerprint density at radius 1 is 0.800 bits per heavy atom. The second kappa shape index (κ2) is 8.97. The third-order valence-corrected chi connectivity index (χ3v) is 6.41. The number of rotatable bonds is 3. The minimum atomic E-state index is -4.36. The SMILES string of the molecule is Fc1ccccc1[I+]c1ccccc1F.O=S(=O)([O-])c1ccccn1. The predicted molar refractivity (Wildman–Crippen MR) is 82.4 cm³/mol. The molecule has 1 aromatic heterocycles. The van der Waals surface area contributed by atoms with Crippen LogP contribution in [0.15, 0.2) is 78.0 Å². The lowest BCUT2D eigenvalue weighted by atomic mass is 10.4. The van der Waals surface area contributed by atoms with E-state index >= 15 is 0 Å². The summed E-state index contributed by atoms with van der Waals surface area (Å²) >= 11 is -0.765. The summed E-state index contributed by atoms with van der Waals surface area (Å²) in [6.07, 6.45) is 1.25. The van der Waals surface area contributed by atoms with Gasteiger partial charge in [-0.05, 0) is 36.4 Å². The molecule has 25 heavy (non-hydrogen) atoms. The Balaban J connectivity index is 0.000000196. The monoisotopic (exact) mass is 475 g/mol.